The van der Waals surface area contributed by atoms with Gasteiger partial charge in [-0.1, -0.05) is 5.92 Å². The molecule has 0 aromatic heterocycles. The third kappa shape index (κ3) is 14.0. The van der Waals surface area contributed by atoms with Crippen LogP contribution in [0.5, 0.6) is 0 Å². The molecule has 4 atom stereocenters. The molecule has 0 saturated heterocycles. The van der Waals surface area contributed by atoms with Gasteiger partial charge in [-0.2, -0.15) is 0 Å². The van der Waals surface area contributed by atoms with Crippen LogP contribution in [0.1, 0.15) is 0 Å². The Kier molecular flexibility index (Phi) is 13.9. The molecule has 0 bridgehead atoms. The summed E-state index contributed by atoms with van der Waals surface area (Å²) >= 11 is 0. The molecule has 0 aliphatic heterocycles. The first-order chi connectivity index (χ1) is 11.5. The summed E-state index contributed by atoms with van der Waals surface area (Å²) in [5.74, 6) is 37.0. The summed E-state index contributed by atoms with van der Waals surface area (Å²) in [6.45, 7) is 0. The van der Waals surface area contributed by atoms with Crippen LogP contribution in [0.3, 0.4) is 0 Å². The largest absolute Gasteiger partial charge is 0.117 e. The van der Waals surface area contributed by atoms with Gasteiger partial charge in [0.1, 0.15) is 0 Å². The van der Waals surface area contributed by atoms with Gasteiger partial charge in [0.25, 0.3) is 0 Å². The van der Waals surface area contributed by atoms with Gasteiger partial charge < -0.3 is 0 Å². The molecular formula is C19H9P5. The molecule has 5 heteroatoms. The first kappa shape index (κ1) is 22.4. The van der Waals surface area contributed by atoms with E-state index in [1.807, 2.05) is 5.92 Å². The highest BCUT2D eigenvalue weighted by Crippen LogP contribution is 2.69. The molecule has 0 saturated carbocycles. The molecule has 0 aromatic rings. The summed E-state index contributed by atoms with van der Waals surface area (Å²) in [7, 11) is 10.6. The van der Waals surface area contributed by atoms with E-state index in [1.54, 1.807) is 6.08 Å². The Morgan fingerprint density at radius 2 is 1.04 bits per heavy atom. The van der Waals surface area contributed by atoms with Crippen molar-refractivity contribution in [3.8, 4) is 88.8 Å². The number of hydrogen-bond acceptors (Lipinski definition) is 0. The summed E-state index contributed by atoms with van der Waals surface area (Å²) in [6.07, 6.45) is 11.3. The lowest BCUT2D eigenvalue weighted by Gasteiger charge is -2.23. The van der Waals surface area contributed by atoms with E-state index >= 15 is 0 Å². The SMILES string of the molecule is [C]#CC#CC#CC#CC#CC#CC#CC#CC=[C]C(P)(P)P(P)P. The quantitative estimate of drug-likeness (QED) is 0.501. The average Bonchev–Trinajstić information content (AvgIpc) is 2.54. The Morgan fingerprint density at radius 1 is 0.667 bits per heavy atom. The third-order valence-corrected chi connectivity index (χ3v) is 10.9. The first-order valence-electron chi connectivity index (χ1n) is 5.89. The monoisotopic (exact) mass is 392 g/mol. The van der Waals surface area contributed by atoms with Gasteiger partial charge in [-0.25, -0.2) is 0 Å². The van der Waals surface area contributed by atoms with Crippen LogP contribution in [0.4, 0.5) is 0 Å². The van der Waals surface area contributed by atoms with Crippen LogP contribution in [-0.2, 0) is 0 Å². The van der Waals surface area contributed by atoms with Crippen LogP contribution in [-0.4, -0.2) is 4.64 Å². The molecular weight excluding hydrogens is 383 g/mol. The normalized spacial score (nSPS) is 7.50. The molecule has 0 aromatic carbocycles. The summed E-state index contributed by atoms with van der Waals surface area (Å²) in [5.41, 5.74) is 0. The molecule has 0 aliphatic rings. The molecule has 2 radical (unpaired) electrons. The fraction of sp³-hybridized carbons (Fsp3) is 0.0526. The van der Waals surface area contributed by atoms with E-state index in [0.717, 1.165) is 0 Å². The minimum Gasteiger partial charge on any atom is -0.117 e. The topological polar surface area (TPSA) is 0 Å². The van der Waals surface area contributed by atoms with Crippen molar-refractivity contribution < 1.29 is 0 Å². The summed E-state index contributed by atoms with van der Waals surface area (Å²) in [6, 6.07) is 0. The molecule has 24 heavy (non-hydrogen) atoms. The van der Waals surface area contributed by atoms with Crippen LogP contribution in [0.25, 0.3) is 0 Å². The van der Waals surface area contributed by atoms with Crippen molar-refractivity contribution in [3.63, 3.8) is 0 Å². The van der Waals surface area contributed by atoms with Gasteiger partial charge in [-0.05, 0) is 66.8 Å². The zero-order chi connectivity index (χ0) is 18.1. The number of allylic oxidation sites excluding steroid dienone is 2. The van der Waals surface area contributed by atoms with E-state index < -0.39 is 0 Å². The summed E-state index contributed by atoms with van der Waals surface area (Å²) in [4.78, 5) is 0. The molecule has 0 heterocycles. The minimum absolute atomic E-state index is 0.182. The Hall–Kier alpha value is -1.63. The van der Waals surface area contributed by atoms with Crippen molar-refractivity contribution >= 4 is 43.6 Å². The molecule has 0 nitrogen and oxygen atoms in total. The lowest BCUT2D eigenvalue weighted by atomic mass is 10.4. The van der Waals surface area contributed by atoms with Gasteiger partial charge >= 0.3 is 0 Å². The van der Waals surface area contributed by atoms with E-state index in [9.17, 15) is 0 Å². The maximum atomic E-state index is 6.52. The fourth-order valence-electron chi connectivity index (χ4n) is 0.673. The second-order valence-corrected chi connectivity index (χ2v) is 13.6. The average molecular weight is 392 g/mol. The maximum absolute atomic E-state index is 6.52. The van der Waals surface area contributed by atoms with E-state index in [1.165, 1.54) is 0 Å². The standard InChI is InChI=1S/C19H9P5/c1-2-3-4-5-6-7-8-9-10-11-12-13-14-15-16-17-18-19(20,21)24(22)23/h17H,20-23H2. The highest BCUT2D eigenvalue weighted by molar-refractivity contribution is 8.46. The second kappa shape index (κ2) is 14.9. The molecule has 4 unspecified atom stereocenters. The molecule has 0 amide bonds. The minimum atomic E-state index is -0.348. The lowest BCUT2D eigenvalue weighted by Crippen LogP contribution is -1.96. The maximum Gasteiger partial charge on any atom is 0.0509 e. The molecule has 0 aliphatic carbocycles. The van der Waals surface area contributed by atoms with Gasteiger partial charge in [-0.3, -0.25) is 0 Å². The van der Waals surface area contributed by atoms with E-state index in [-0.39, 0.29) is 11.9 Å². The Labute approximate surface area is 155 Å². The van der Waals surface area contributed by atoms with Gasteiger partial charge in [0.15, 0.2) is 0 Å². The van der Waals surface area contributed by atoms with Crippen LogP contribution in [0.2, 0.25) is 0 Å². The second-order valence-electron chi connectivity index (χ2n) is 3.42. The number of hydrogen-bond donors (Lipinski definition) is 0. The predicted molar refractivity (Wildman–Crippen MR) is 118 cm³/mol. The lowest BCUT2D eigenvalue weighted by molar-refractivity contribution is 1.48. The van der Waals surface area contributed by atoms with Crippen molar-refractivity contribution in [1.29, 1.82) is 0 Å². The first-order valence-corrected chi connectivity index (χ1v) is 11.6. The summed E-state index contributed by atoms with van der Waals surface area (Å²) < 4.78 is -0.182. The Bertz CT molecular complexity index is 957. The highest BCUT2D eigenvalue weighted by atomic mass is 32.4. The zero-order valence-corrected chi connectivity index (χ0v) is 17.8. The zero-order valence-electron chi connectivity index (χ0n) is 12.3. The highest BCUT2D eigenvalue weighted by Gasteiger charge is 2.19. The molecule has 0 spiro atoms. The van der Waals surface area contributed by atoms with Crippen molar-refractivity contribution in [2.24, 2.45) is 0 Å². The van der Waals surface area contributed by atoms with Crippen molar-refractivity contribution in [1.82, 2.24) is 0 Å². The molecule has 0 rings (SSSR count). The third-order valence-electron chi connectivity index (χ3n) is 1.69. The smallest absolute Gasteiger partial charge is 0.0509 e. The van der Waals surface area contributed by atoms with Crippen molar-refractivity contribution in [3.05, 3.63) is 18.6 Å². The van der Waals surface area contributed by atoms with Crippen molar-refractivity contribution in [2.75, 3.05) is 0 Å². The van der Waals surface area contributed by atoms with E-state index in [4.69, 9.17) is 6.42 Å². The molecule has 0 N–H and O–H groups in total. The van der Waals surface area contributed by atoms with E-state index in [0.29, 0.717) is 0 Å². The van der Waals surface area contributed by atoms with Gasteiger partial charge in [0, 0.05) is 41.9 Å². The van der Waals surface area contributed by atoms with E-state index in [2.05, 4.69) is 125 Å². The van der Waals surface area contributed by atoms with Gasteiger partial charge in [0.2, 0.25) is 0 Å². The van der Waals surface area contributed by atoms with Crippen molar-refractivity contribution in [2.45, 2.75) is 4.64 Å². The molecule has 0 fully saturated rings. The Balaban J connectivity index is 4.46. The van der Waals surface area contributed by atoms with Crippen LogP contribution in [0, 0.1) is 101 Å². The van der Waals surface area contributed by atoms with Crippen LogP contribution < -0.4 is 0 Å². The van der Waals surface area contributed by atoms with Gasteiger partial charge in [0.05, 0.1) is 4.64 Å². The van der Waals surface area contributed by atoms with Crippen LogP contribution in [0.15, 0.2) is 6.08 Å². The number of rotatable bonds is 2. The predicted octanol–water partition coefficient (Wildman–Crippen LogP) is 2.43. The Morgan fingerprint density at radius 3 is 1.42 bits per heavy atom. The summed E-state index contributed by atoms with van der Waals surface area (Å²) in [5, 5.41) is 0. The fourth-order valence-corrected chi connectivity index (χ4v) is 1.50. The van der Waals surface area contributed by atoms with Gasteiger partial charge in [-0.15, -0.1) is 36.3 Å². The molecule has 110 valence electrons. The van der Waals surface area contributed by atoms with Crippen LogP contribution >= 0.6 is 43.6 Å².